The van der Waals surface area contributed by atoms with Gasteiger partial charge in [0, 0.05) is 18.8 Å². The summed E-state index contributed by atoms with van der Waals surface area (Å²) in [6, 6.07) is 6.04. The number of anilines is 1. The zero-order chi connectivity index (χ0) is 12.5. The molecule has 0 fully saturated rings. The van der Waals surface area contributed by atoms with Crippen LogP contribution in [-0.2, 0) is 4.74 Å². The van der Waals surface area contributed by atoms with Gasteiger partial charge in [0.15, 0.2) is 0 Å². The largest absolute Gasteiger partial charge is 0.389 e. The molecule has 0 aliphatic heterocycles. The highest BCUT2D eigenvalue weighted by Gasteiger charge is 2.03. The van der Waals surface area contributed by atoms with E-state index in [2.05, 4.69) is 12.2 Å². The Balaban J connectivity index is 2.14. The van der Waals surface area contributed by atoms with Gasteiger partial charge in [0.2, 0.25) is 0 Å². The minimum atomic E-state index is -0.545. The van der Waals surface area contributed by atoms with Crippen molar-refractivity contribution in [3.8, 4) is 0 Å². The van der Waals surface area contributed by atoms with Crippen LogP contribution in [0.15, 0.2) is 24.3 Å². The molecule has 17 heavy (non-hydrogen) atoms. The minimum Gasteiger partial charge on any atom is -0.389 e. The van der Waals surface area contributed by atoms with E-state index >= 15 is 0 Å². The first-order valence-corrected chi connectivity index (χ1v) is 5.97. The highest BCUT2D eigenvalue weighted by atomic mass is 19.1. The zero-order valence-corrected chi connectivity index (χ0v) is 10.2. The molecule has 1 unspecified atom stereocenters. The van der Waals surface area contributed by atoms with Crippen molar-refractivity contribution >= 4 is 5.69 Å². The summed E-state index contributed by atoms with van der Waals surface area (Å²) in [5.74, 6) is -0.265. The monoisotopic (exact) mass is 241 g/mol. The van der Waals surface area contributed by atoms with Gasteiger partial charge < -0.3 is 15.2 Å². The van der Waals surface area contributed by atoms with Crippen LogP contribution < -0.4 is 5.32 Å². The first-order valence-electron chi connectivity index (χ1n) is 5.97. The molecule has 1 rings (SSSR count). The zero-order valence-electron chi connectivity index (χ0n) is 10.2. The number of hydrogen-bond acceptors (Lipinski definition) is 3. The molecule has 0 aromatic heterocycles. The number of hydrogen-bond donors (Lipinski definition) is 2. The first-order chi connectivity index (χ1) is 8.22. The molecule has 0 aliphatic rings. The van der Waals surface area contributed by atoms with Crippen LogP contribution in [0, 0.1) is 5.82 Å². The lowest BCUT2D eigenvalue weighted by atomic mass is 10.3. The number of aliphatic hydroxyl groups excluding tert-OH is 1. The minimum absolute atomic E-state index is 0.265. The molecule has 96 valence electrons. The summed E-state index contributed by atoms with van der Waals surface area (Å²) < 4.78 is 17.9. The maximum Gasteiger partial charge on any atom is 0.123 e. The summed E-state index contributed by atoms with van der Waals surface area (Å²) in [4.78, 5) is 0. The van der Waals surface area contributed by atoms with E-state index in [1.807, 2.05) is 0 Å². The summed E-state index contributed by atoms with van der Waals surface area (Å²) in [6.45, 7) is 3.51. The predicted molar refractivity (Wildman–Crippen MR) is 66.6 cm³/mol. The lowest BCUT2D eigenvalue weighted by molar-refractivity contribution is 0.0422. The molecular formula is C13H20FNO2. The van der Waals surface area contributed by atoms with Crippen molar-refractivity contribution in [1.29, 1.82) is 0 Å². The lowest BCUT2D eigenvalue weighted by Gasteiger charge is -2.13. The number of nitrogens with one attached hydrogen (secondary N) is 1. The van der Waals surface area contributed by atoms with Crippen LogP contribution in [0.1, 0.15) is 19.8 Å². The Bertz CT molecular complexity index is 303. The quantitative estimate of drug-likeness (QED) is 0.687. The molecule has 0 saturated heterocycles. The van der Waals surface area contributed by atoms with Gasteiger partial charge in [-0.25, -0.2) is 4.39 Å². The Kier molecular flexibility index (Phi) is 6.58. The lowest BCUT2D eigenvalue weighted by Crippen LogP contribution is -2.25. The maximum atomic E-state index is 12.6. The second-order valence-corrected chi connectivity index (χ2v) is 3.97. The summed E-state index contributed by atoms with van der Waals surface area (Å²) in [5, 5.41) is 12.6. The fourth-order valence-electron chi connectivity index (χ4n) is 1.33. The summed E-state index contributed by atoms with van der Waals surface area (Å²) in [7, 11) is 0. The van der Waals surface area contributed by atoms with Crippen LogP contribution in [0.5, 0.6) is 0 Å². The predicted octanol–water partition coefficient (Wildman–Crippen LogP) is 2.42. The van der Waals surface area contributed by atoms with E-state index < -0.39 is 6.10 Å². The Morgan fingerprint density at radius 3 is 2.71 bits per heavy atom. The Hall–Kier alpha value is -1.13. The topological polar surface area (TPSA) is 41.5 Å². The molecule has 0 amide bonds. The van der Waals surface area contributed by atoms with Crippen LogP contribution in [0.3, 0.4) is 0 Å². The van der Waals surface area contributed by atoms with Gasteiger partial charge in [0.05, 0.1) is 12.7 Å². The number of unbranched alkanes of at least 4 members (excludes halogenated alkanes) is 1. The van der Waals surface area contributed by atoms with Crippen molar-refractivity contribution < 1.29 is 14.2 Å². The highest BCUT2D eigenvalue weighted by Crippen LogP contribution is 2.07. The van der Waals surface area contributed by atoms with E-state index in [4.69, 9.17) is 4.74 Å². The average Bonchev–Trinajstić information content (AvgIpc) is 2.34. The molecule has 1 atom stereocenters. The molecule has 3 nitrogen and oxygen atoms in total. The van der Waals surface area contributed by atoms with Crippen LogP contribution in [0.4, 0.5) is 10.1 Å². The molecule has 0 spiro atoms. The normalized spacial score (nSPS) is 12.4. The number of benzene rings is 1. The van der Waals surface area contributed by atoms with E-state index in [1.165, 1.54) is 12.1 Å². The van der Waals surface area contributed by atoms with E-state index in [0.29, 0.717) is 19.8 Å². The van der Waals surface area contributed by atoms with Gasteiger partial charge in [0.1, 0.15) is 5.82 Å². The van der Waals surface area contributed by atoms with Crippen molar-refractivity contribution in [3.63, 3.8) is 0 Å². The van der Waals surface area contributed by atoms with Gasteiger partial charge in [0.25, 0.3) is 0 Å². The second kappa shape index (κ2) is 8.03. The van der Waals surface area contributed by atoms with E-state index in [9.17, 15) is 9.50 Å². The molecule has 1 aromatic carbocycles. The standard InChI is InChI=1S/C13H20FNO2/c1-2-3-8-17-10-13(16)9-15-12-6-4-11(14)5-7-12/h4-7,13,15-16H,2-3,8-10H2,1H3. The highest BCUT2D eigenvalue weighted by molar-refractivity contribution is 5.42. The van der Waals surface area contributed by atoms with Crippen LogP contribution in [-0.4, -0.2) is 31.0 Å². The second-order valence-electron chi connectivity index (χ2n) is 3.97. The fraction of sp³-hybridized carbons (Fsp3) is 0.538. The first kappa shape index (κ1) is 13.9. The van der Waals surface area contributed by atoms with Gasteiger partial charge in [-0.15, -0.1) is 0 Å². The van der Waals surface area contributed by atoms with Crippen molar-refractivity contribution in [1.82, 2.24) is 0 Å². The number of rotatable bonds is 8. The Morgan fingerprint density at radius 1 is 1.35 bits per heavy atom. The van der Waals surface area contributed by atoms with Crippen molar-refractivity contribution in [2.45, 2.75) is 25.9 Å². The Morgan fingerprint density at radius 2 is 2.06 bits per heavy atom. The molecule has 1 aromatic rings. The summed E-state index contributed by atoms with van der Waals surface area (Å²) >= 11 is 0. The summed E-state index contributed by atoms with van der Waals surface area (Å²) in [5.41, 5.74) is 0.791. The SMILES string of the molecule is CCCCOCC(O)CNc1ccc(F)cc1. The molecular weight excluding hydrogens is 221 g/mol. The van der Waals surface area contributed by atoms with Gasteiger partial charge >= 0.3 is 0 Å². The summed E-state index contributed by atoms with van der Waals surface area (Å²) in [6.07, 6.45) is 1.55. The molecule has 0 saturated carbocycles. The molecule has 0 aliphatic carbocycles. The fourth-order valence-corrected chi connectivity index (χ4v) is 1.33. The van der Waals surface area contributed by atoms with Crippen LogP contribution in [0.25, 0.3) is 0 Å². The smallest absolute Gasteiger partial charge is 0.123 e. The van der Waals surface area contributed by atoms with Gasteiger partial charge in [-0.05, 0) is 30.7 Å². The van der Waals surface area contributed by atoms with E-state index in [0.717, 1.165) is 18.5 Å². The third-order valence-corrected chi connectivity index (χ3v) is 2.34. The molecule has 4 heteroatoms. The van der Waals surface area contributed by atoms with Gasteiger partial charge in [-0.1, -0.05) is 13.3 Å². The number of halogens is 1. The molecule has 0 heterocycles. The van der Waals surface area contributed by atoms with Crippen molar-refractivity contribution in [2.75, 3.05) is 25.1 Å². The van der Waals surface area contributed by atoms with Crippen molar-refractivity contribution in [3.05, 3.63) is 30.1 Å². The third kappa shape index (κ3) is 6.24. The van der Waals surface area contributed by atoms with Crippen LogP contribution in [0.2, 0.25) is 0 Å². The molecule has 2 N–H and O–H groups in total. The Labute approximate surface area is 102 Å². The van der Waals surface area contributed by atoms with Gasteiger partial charge in [-0.3, -0.25) is 0 Å². The number of aliphatic hydroxyl groups is 1. The average molecular weight is 241 g/mol. The third-order valence-electron chi connectivity index (χ3n) is 2.34. The maximum absolute atomic E-state index is 12.6. The van der Waals surface area contributed by atoms with E-state index in [1.54, 1.807) is 12.1 Å². The molecule has 0 bridgehead atoms. The van der Waals surface area contributed by atoms with E-state index in [-0.39, 0.29) is 5.82 Å². The van der Waals surface area contributed by atoms with Crippen LogP contribution >= 0.6 is 0 Å². The van der Waals surface area contributed by atoms with Gasteiger partial charge in [-0.2, -0.15) is 0 Å². The van der Waals surface area contributed by atoms with Crippen molar-refractivity contribution in [2.24, 2.45) is 0 Å². The number of ether oxygens (including phenoxy) is 1. The molecule has 0 radical (unpaired) electrons.